The van der Waals surface area contributed by atoms with Crippen LogP contribution in [0.5, 0.6) is 0 Å². The topological polar surface area (TPSA) is 98.0 Å². The van der Waals surface area contributed by atoms with Crippen molar-refractivity contribution < 1.29 is 22.7 Å². The highest BCUT2D eigenvalue weighted by Crippen LogP contribution is 2.27. The number of nitrogens with zero attached hydrogens (tertiary/aromatic N) is 3. The third-order valence-corrected chi connectivity index (χ3v) is 9.46. The molecule has 0 saturated carbocycles. The smallest absolute Gasteiger partial charge is 0.338 e. The van der Waals surface area contributed by atoms with Crippen molar-refractivity contribution in [3.8, 4) is 0 Å². The number of esters is 1. The predicted octanol–water partition coefficient (Wildman–Crippen LogP) is 4.76. The van der Waals surface area contributed by atoms with Gasteiger partial charge in [0, 0.05) is 24.7 Å². The fourth-order valence-electron chi connectivity index (χ4n) is 4.56. The van der Waals surface area contributed by atoms with E-state index >= 15 is 0 Å². The molecule has 2 heterocycles. The summed E-state index contributed by atoms with van der Waals surface area (Å²) in [5.41, 5.74) is 1.53. The minimum absolute atomic E-state index is 0.00710. The lowest BCUT2D eigenvalue weighted by Gasteiger charge is -2.34. The van der Waals surface area contributed by atoms with Gasteiger partial charge in [-0.05, 0) is 68.7 Å². The Morgan fingerprint density at radius 3 is 2.54 bits per heavy atom. The van der Waals surface area contributed by atoms with Crippen molar-refractivity contribution in [3.05, 3.63) is 71.0 Å². The predicted molar refractivity (Wildman–Crippen MR) is 144 cm³/mol. The molecule has 37 heavy (non-hydrogen) atoms. The highest BCUT2D eigenvalue weighted by molar-refractivity contribution is 7.89. The van der Waals surface area contributed by atoms with Gasteiger partial charge in [0.1, 0.15) is 0 Å². The molecule has 0 bridgehead atoms. The Labute approximate surface area is 221 Å². The van der Waals surface area contributed by atoms with Crippen LogP contribution >= 0.6 is 11.3 Å². The first-order valence-corrected chi connectivity index (χ1v) is 14.7. The summed E-state index contributed by atoms with van der Waals surface area (Å²) < 4.78 is 35.8. The molecular formula is C27H31N3O5S2. The first kappa shape index (κ1) is 27.0. The molecule has 0 radical (unpaired) electrons. The second-order valence-corrected chi connectivity index (χ2v) is 11.7. The van der Waals surface area contributed by atoms with E-state index in [4.69, 9.17) is 4.74 Å². The van der Waals surface area contributed by atoms with Crippen LogP contribution in [0.25, 0.3) is 10.2 Å². The summed E-state index contributed by atoms with van der Waals surface area (Å²) in [5, 5.41) is 0. The normalized spacial score (nSPS) is 17.1. The summed E-state index contributed by atoms with van der Waals surface area (Å²) in [6, 6.07) is 11.2. The summed E-state index contributed by atoms with van der Waals surface area (Å²) in [4.78, 5) is 30.1. The molecule has 1 amide bonds. The highest BCUT2D eigenvalue weighted by atomic mass is 32.2. The second-order valence-electron chi connectivity index (χ2n) is 8.80. The van der Waals surface area contributed by atoms with Crippen LogP contribution in [0, 0.1) is 0 Å². The number of amides is 1. The Kier molecular flexibility index (Phi) is 8.41. The fourth-order valence-corrected chi connectivity index (χ4v) is 7.40. The SMILES string of the molecule is C=CCn1c(=NC(=O)c2ccc(S(=O)(=O)N3CCCCC3CC)cc2)sc2cc(C(=O)OCC)ccc21. The number of aromatic nitrogens is 1. The molecule has 1 saturated heterocycles. The molecule has 1 aliphatic heterocycles. The first-order valence-electron chi connectivity index (χ1n) is 12.4. The van der Waals surface area contributed by atoms with Crippen molar-refractivity contribution in [2.45, 2.75) is 57.0 Å². The van der Waals surface area contributed by atoms with Crippen molar-refractivity contribution in [2.24, 2.45) is 4.99 Å². The first-order chi connectivity index (χ1) is 17.8. The number of fused-ring (bicyclic) bond motifs is 1. The zero-order valence-corrected chi connectivity index (χ0v) is 22.7. The van der Waals surface area contributed by atoms with E-state index in [1.54, 1.807) is 35.5 Å². The Hall–Kier alpha value is -3.08. The summed E-state index contributed by atoms with van der Waals surface area (Å²) in [6.07, 6.45) is 5.24. The van der Waals surface area contributed by atoms with E-state index in [-0.39, 0.29) is 17.5 Å². The maximum absolute atomic E-state index is 13.2. The van der Waals surface area contributed by atoms with Gasteiger partial charge in [0.15, 0.2) is 4.80 Å². The molecular weight excluding hydrogens is 510 g/mol. The molecule has 8 nitrogen and oxygen atoms in total. The van der Waals surface area contributed by atoms with Gasteiger partial charge in [-0.3, -0.25) is 4.79 Å². The fraction of sp³-hybridized carbons (Fsp3) is 0.370. The summed E-state index contributed by atoms with van der Waals surface area (Å²) in [5.74, 6) is -0.893. The van der Waals surface area contributed by atoms with Gasteiger partial charge in [-0.2, -0.15) is 9.30 Å². The Morgan fingerprint density at radius 1 is 1.14 bits per heavy atom. The van der Waals surface area contributed by atoms with Crippen molar-refractivity contribution in [2.75, 3.05) is 13.2 Å². The number of rotatable bonds is 8. The number of ether oxygens (including phenoxy) is 1. The van der Waals surface area contributed by atoms with Crippen molar-refractivity contribution in [3.63, 3.8) is 0 Å². The molecule has 3 aromatic rings. The number of sulfonamides is 1. The van der Waals surface area contributed by atoms with E-state index in [1.807, 2.05) is 11.5 Å². The Morgan fingerprint density at radius 2 is 1.86 bits per heavy atom. The van der Waals surface area contributed by atoms with Gasteiger partial charge < -0.3 is 9.30 Å². The van der Waals surface area contributed by atoms with E-state index in [0.717, 1.165) is 35.9 Å². The van der Waals surface area contributed by atoms with E-state index < -0.39 is 21.9 Å². The molecule has 0 spiro atoms. The Bertz CT molecular complexity index is 1490. The second kappa shape index (κ2) is 11.5. The van der Waals surface area contributed by atoms with Gasteiger partial charge in [0.05, 0.1) is 27.3 Å². The third kappa shape index (κ3) is 5.61. The van der Waals surface area contributed by atoms with E-state index in [2.05, 4.69) is 11.6 Å². The molecule has 1 unspecified atom stereocenters. The molecule has 0 aliphatic carbocycles. The van der Waals surface area contributed by atoms with Gasteiger partial charge in [-0.25, -0.2) is 13.2 Å². The lowest BCUT2D eigenvalue weighted by atomic mass is 10.0. The maximum atomic E-state index is 13.2. The van der Waals surface area contributed by atoms with Gasteiger partial charge in [0.25, 0.3) is 5.91 Å². The highest BCUT2D eigenvalue weighted by Gasteiger charge is 2.32. The quantitative estimate of drug-likeness (QED) is 0.303. The summed E-state index contributed by atoms with van der Waals surface area (Å²) in [6.45, 7) is 8.78. The molecule has 10 heteroatoms. The van der Waals surface area contributed by atoms with Crippen LogP contribution in [-0.4, -0.2) is 48.4 Å². The van der Waals surface area contributed by atoms with Gasteiger partial charge in [-0.15, -0.1) is 6.58 Å². The number of allylic oxidation sites excluding steroid dienone is 1. The van der Waals surface area contributed by atoms with E-state index in [1.165, 1.54) is 35.6 Å². The number of hydrogen-bond donors (Lipinski definition) is 0. The third-order valence-electron chi connectivity index (χ3n) is 6.45. The van der Waals surface area contributed by atoms with Crippen molar-refractivity contribution >= 4 is 43.5 Å². The van der Waals surface area contributed by atoms with Crippen molar-refractivity contribution in [1.29, 1.82) is 0 Å². The van der Waals surface area contributed by atoms with Crippen LogP contribution in [-0.2, 0) is 21.3 Å². The largest absolute Gasteiger partial charge is 0.462 e. The monoisotopic (exact) mass is 541 g/mol. The number of thiazole rings is 1. The lowest BCUT2D eigenvalue weighted by molar-refractivity contribution is 0.0526. The standard InChI is InChI=1S/C27H31N3O5S2/c1-4-16-29-23-15-12-20(26(32)35-6-3)18-24(23)36-27(29)28-25(31)19-10-13-22(14-11-19)37(33,34)30-17-8-7-9-21(30)5-2/h4,10-15,18,21H,1,5-9,16-17H2,2-3H3. The minimum atomic E-state index is -3.63. The van der Waals surface area contributed by atoms with Gasteiger partial charge in [0.2, 0.25) is 10.0 Å². The number of hydrogen-bond acceptors (Lipinski definition) is 6. The molecule has 2 aromatic carbocycles. The van der Waals surface area contributed by atoms with Crippen LogP contribution in [0.15, 0.2) is 65.0 Å². The minimum Gasteiger partial charge on any atom is -0.462 e. The zero-order chi connectivity index (χ0) is 26.6. The van der Waals surface area contributed by atoms with Crippen LogP contribution < -0.4 is 4.80 Å². The lowest BCUT2D eigenvalue weighted by Crippen LogP contribution is -2.43. The number of benzene rings is 2. The molecule has 0 N–H and O–H groups in total. The van der Waals surface area contributed by atoms with Crippen molar-refractivity contribution in [1.82, 2.24) is 8.87 Å². The number of carbonyl (C=O) groups excluding carboxylic acids is 2. The maximum Gasteiger partial charge on any atom is 0.338 e. The van der Waals surface area contributed by atoms with E-state index in [0.29, 0.717) is 29.0 Å². The van der Waals surface area contributed by atoms with E-state index in [9.17, 15) is 18.0 Å². The average molecular weight is 542 g/mol. The molecule has 1 fully saturated rings. The summed E-state index contributed by atoms with van der Waals surface area (Å²) in [7, 11) is -3.63. The van der Waals surface area contributed by atoms with Crippen LogP contribution in [0.2, 0.25) is 0 Å². The molecule has 4 rings (SSSR count). The van der Waals surface area contributed by atoms with Gasteiger partial charge >= 0.3 is 5.97 Å². The average Bonchev–Trinajstić information content (AvgIpc) is 3.25. The van der Waals surface area contributed by atoms with Crippen LogP contribution in [0.1, 0.15) is 60.2 Å². The molecule has 1 atom stereocenters. The van der Waals surface area contributed by atoms with Gasteiger partial charge in [-0.1, -0.05) is 30.8 Å². The van der Waals surface area contributed by atoms with Crippen LogP contribution in [0.4, 0.5) is 0 Å². The van der Waals surface area contributed by atoms with Crippen LogP contribution in [0.3, 0.4) is 0 Å². The molecule has 196 valence electrons. The number of carbonyl (C=O) groups is 2. The molecule has 1 aromatic heterocycles. The number of piperidine rings is 1. The zero-order valence-electron chi connectivity index (χ0n) is 21.1. The molecule has 1 aliphatic rings. The Balaban J connectivity index is 1.65. The summed E-state index contributed by atoms with van der Waals surface area (Å²) >= 11 is 1.28.